The summed E-state index contributed by atoms with van der Waals surface area (Å²) in [4.78, 5) is 22.8. The lowest BCUT2D eigenvalue weighted by Gasteiger charge is -2.11. The number of nitrogens with zero attached hydrogens (tertiary/aromatic N) is 2. The van der Waals surface area contributed by atoms with Crippen molar-refractivity contribution in [1.82, 2.24) is 20.4 Å². The second-order valence-corrected chi connectivity index (χ2v) is 5.22. The lowest BCUT2D eigenvalue weighted by Crippen LogP contribution is -2.37. The molecule has 2 rings (SSSR count). The van der Waals surface area contributed by atoms with E-state index in [0.29, 0.717) is 0 Å². The number of hydrogen-bond acceptors (Lipinski definition) is 4. The lowest BCUT2D eigenvalue weighted by atomic mass is 10.1. The topological polar surface area (TPSA) is 96.3 Å². The van der Waals surface area contributed by atoms with Crippen molar-refractivity contribution in [2.24, 2.45) is 7.05 Å². The van der Waals surface area contributed by atoms with Gasteiger partial charge in [-0.25, -0.2) is 0 Å². The van der Waals surface area contributed by atoms with E-state index < -0.39 is 46.5 Å². The maximum atomic E-state index is 12.7. The summed E-state index contributed by atoms with van der Waals surface area (Å²) in [5.41, 5.74) is -1.76. The van der Waals surface area contributed by atoms with Crippen molar-refractivity contribution in [2.75, 3.05) is 6.54 Å². The summed E-state index contributed by atoms with van der Waals surface area (Å²) in [7, 11) is 1.17. The average Bonchev–Trinajstić information content (AvgIpc) is 2.93. The number of aromatic nitrogens is 2. The van der Waals surface area contributed by atoms with E-state index in [9.17, 15) is 22.8 Å². The molecule has 0 radical (unpaired) electrons. The Kier molecular flexibility index (Phi) is 4.34. The second-order valence-electron chi connectivity index (χ2n) is 4.84. The van der Waals surface area contributed by atoms with Gasteiger partial charge in [0.2, 0.25) is 0 Å². The molecule has 122 valence electrons. The van der Waals surface area contributed by atoms with E-state index in [2.05, 4.69) is 15.7 Å². The Morgan fingerprint density at radius 3 is 2.59 bits per heavy atom. The van der Waals surface area contributed by atoms with Crippen LogP contribution >= 0.6 is 11.6 Å². The lowest BCUT2D eigenvalue weighted by molar-refractivity contribution is -0.141. The molecule has 0 saturated carbocycles. The summed E-state index contributed by atoms with van der Waals surface area (Å²) in [6, 6.07) is -1.33. The van der Waals surface area contributed by atoms with Gasteiger partial charge >= 0.3 is 12.1 Å². The molecule has 0 bridgehead atoms. The standard InChI is InChI=1S/C11H12ClF3N4O3/c1-19-7(6(12)8(18-19)11(13,14)15)9(20)17-4-2-5(10(21)22)16-3-4/h4-5,16H,2-3H2,1H3,(H,17,20)(H,21,22)/t4-,5+/m1/s1. The molecule has 3 N–H and O–H groups in total. The molecule has 0 spiro atoms. The molecule has 1 aromatic rings. The third-order valence-corrected chi connectivity index (χ3v) is 3.60. The molecule has 1 aromatic heterocycles. The number of nitrogens with one attached hydrogen (secondary N) is 2. The normalized spacial score (nSPS) is 21.9. The molecule has 2 heterocycles. The van der Waals surface area contributed by atoms with E-state index >= 15 is 0 Å². The Balaban J connectivity index is 2.14. The maximum Gasteiger partial charge on any atom is 0.436 e. The van der Waals surface area contributed by atoms with Crippen molar-refractivity contribution >= 4 is 23.5 Å². The quantitative estimate of drug-likeness (QED) is 0.750. The number of carboxylic acid groups (broad SMARTS) is 1. The molecule has 1 amide bonds. The molecule has 7 nitrogen and oxygen atoms in total. The van der Waals surface area contributed by atoms with Crippen molar-refractivity contribution in [2.45, 2.75) is 24.7 Å². The number of alkyl halides is 3. The van der Waals surface area contributed by atoms with E-state index in [1.165, 1.54) is 7.05 Å². The first-order valence-corrected chi connectivity index (χ1v) is 6.55. The van der Waals surface area contributed by atoms with Gasteiger partial charge in [0.05, 0.1) is 0 Å². The Bertz CT molecular complexity index is 616. The van der Waals surface area contributed by atoms with Crippen LogP contribution in [0.25, 0.3) is 0 Å². The zero-order valence-electron chi connectivity index (χ0n) is 11.2. The summed E-state index contributed by atoms with van der Waals surface area (Å²) in [6.07, 6.45) is -4.64. The molecule has 22 heavy (non-hydrogen) atoms. The highest BCUT2D eigenvalue weighted by Crippen LogP contribution is 2.35. The average molecular weight is 341 g/mol. The van der Waals surface area contributed by atoms with Gasteiger partial charge in [-0.2, -0.15) is 18.3 Å². The van der Waals surface area contributed by atoms with Crippen LogP contribution < -0.4 is 10.6 Å². The minimum Gasteiger partial charge on any atom is -0.480 e. The smallest absolute Gasteiger partial charge is 0.436 e. The van der Waals surface area contributed by atoms with Gasteiger partial charge in [0.25, 0.3) is 5.91 Å². The molecule has 0 aliphatic carbocycles. The predicted octanol–water partition coefficient (Wildman–Crippen LogP) is 0.637. The van der Waals surface area contributed by atoms with Crippen molar-refractivity contribution in [3.05, 3.63) is 16.4 Å². The third kappa shape index (κ3) is 3.17. The summed E-state index contributed by atoms with van der Waals surface area (Å²) in [6.45, 7) is 0.199. The molecule has 0 unspecified atom stereocenters. The number of amides is 1. The van der Waals surface area contributed by atoms with Crippen LogP contribution in [0.1, 0.15) is 22.6 Å². The number of aliphatic carboxylic acids is 1. The first kappa shape index (κ1) is 16.6. The van der Waals surface area contributed by atoms with E-state index in [1.54, 1.807) is 0 Å². The molecule has 0 aromatic carbocycles. The molecular weight excluding hydrogens is 329 g/mol. The molecule has 11 heteroatoms. The van der Waals surface area contributed by atoms with Crippen LogP contribution in [-0.4, -0.2) is 45.4 Å². The fourth-order valence-electron chi connectivity index (χ4n) is 2.21. The van der Waals surface area contributed by atoms with Crippen LogP contribution in [0, 0.1) is 0 Å². The molecule has 2 atom stereocenters. The fraction of sp³-hybridized carbons (Fsp3) is 0.545. The fourth-order valence-corrected chi connectivity index (χ4v) is 2.57. The number of carbonyl (C=O) groups excluding carboxylic acids is 1. The number of aryl methyl sites for hydroxylation is 1. The van der Waals surface area contributed by atoms with Crippen molar-refractivity contribution in [3.8, 4) is 0 Å². The Labute approximate surface area is 127 Å². The first-order valence-electron chi connectivity index (χ1n) is 6.18. The van der Waals surface area contributed by atoms with Crippen LogP contribution in [0.4, 0.5) is 13.2 Å². The van der Waals surface area contributed by atoms with E-state index in [4.69, 9.17) is 16.7 Å². The molecule has 1 aliphatic rings. The monoisotopic (exact) mass is 340 g/mol. The summed E-state index contributed by atoms with van der Waals surface area (Å²) >= 11 is 5.60. The van der Waals surface area contributed by atoms with Gasteiger partial charge in [-0.1, -0.05) is 11.6 Å². The van der Waals surface area contributed by atoms with E-state index in [1.807, 2.05) is 0 Å². The van der Waals surface area contributed by atoms with E-state index in [0.717, 1.165) is 4.68 Å². The van der Waals surface area contributed by atoms with Gasteiger partial charge in [0, 0.05) is 19.6 Å². The SMILES string of the molecule is Cn1nc(C(F)(F)F)c(Cl)c1C(=O)N[C@H]1CN[C@H](C(=O)O)C1. The van der Waals surface area contributed by atoms with Crippen LogP contribution in [0.5, 0.6) is 0 Å². The van der Waals surface area contributed by atoms with Gasteiger partial charge in [0.15, 0.2) is 5.69 Å². The second kappa shape index (κ2) is 5.76. The predicted molar refractivity (Wildman–Crippen MR) is 68.5 cm³/mol. The Morgan fingerprint density at radius 1 is 1.50 bits per heavy atom. The van der Waals surface area contributed by atoms with Crippen molar-refractivity contribution < 1.29 is 27.9 Å². The highest BCUT2D eigenvalue weighted by molar-refractivity contribution is 6.34. The Morgan fingerprint density at radius 2 is 2.14 bits per heavy atom. The summed E-state index contributed by atoms with van der Waals surface area (Å²) < 4.78 is 38.8. The molecule has 1 fully saturated rings. The molecule has 1 aliphatic heterocycles. The zero-order valence-corrected chi connectivity index (χ0v) is 12.0. The highest BCUT2D eigenvalue weighted by atomic mass is 35.5. The summed E-state index contributed by atoms with van der Waals surface area (Å²) in [5, 5.41) is 16.4. The van der Waals surface area contributed by atoms with E-state index in [-0.39, 0.29) is 13.0 Å². The minimum atomic E-state index is -4.77. The van der Waals surface area contributed by atoms with Crippen LogP contribution in [0.15, 0.2) is 0 Å². The Hall–Kier alpha value is -1.81. The largest absolute Gasteiger partial charge is 0.480 e. The van der Waals surface area contributed by atoms with Gasteiger partial charge in [-0.3, -0.25) is 14.3 Å². The maximum absolute atomic E-state index is 12.7. The molecule has 1 saturated heterocycles. The number of carbonyl (C=O) groups is 2. The number of halogens is 4. The van der Waals surface area contributed by atoms with Crippen LogP contribution in [-0.2, 0) is 18.0 Å². The number of carboxylic acids is 1. The third-order valence-electron chi connectivity index (χ3n) is 3.24. The van der Waals surface area contributed by atoms with Gasteiger partial charge < -0.3 is 15.7 Å². The van der Waals surface area contributed by atoms with Crippen molar-refractivity contribution in [3.63, 3.8) is 0 Å². The van der Waals surface area contributed by atoms with Crippen LogP contribution in [0.3, 0.4) is 0 Å². The molecular formula is C11H12ClF3N4O3. The zero-order chi connectivity index (χ0) is 16.7. The van der Waals surface area contributed by atoms with Gasteiger partial charge in [-0.15, -0.1) is 0 Å². The highest BCUT2D eigenvalue weighted by Gasteiger charge is 2.40. The van der Waals surface area contributed by atoms with Crippen molar-refractivity contribution in [1.29, 1.82) is 0 Å². The number of rotatable bonds is 3. The minimum absolute atomic E-state index is 0.128. The first-order chi connectivity index (χ1) is 10.1. The van der Waals surface area contributed by atoms with Gasteiger partial charge in [0.1, 0.15) is 16.8 Å². The summed E-state index contributed by atoms with van der Waals surface area (Å²) in [5.74, 6) is -1.90. The van der Waals surface area contributed by atoms with Crippen LogP contribution in [0.2, 0.25) is 5.02 Å². The number of hydrogen-bond donors (Lipinski definition) is 3. The van der Waals surface area contributed by atoms with Gasteiger partial charge in [-0.05, 0) is 6.42 Å².